The van der Waals surface area contributed by atoms with Crippen molar-refractivity contribution in [2.75, 3.05) is 60.1 Å². The topological polar surface area (TPSA) is 101 Å². The van der Waals surface area contributed by atoms with E-state index < -0.39 is 0 Å². The molecule has 180 valence electrons. The van der Waals surface area contributed by atoms with Gasteiger partial charge in [-0.3, -0.25) is 9.48 Å². The smallest absolute Gasteiger partial charge is 0.341 e. The first-order valence-corrected chi connectivity index (χ1v) is 11.0. The van der Waals surface area contributed by atoms with Crippen LogP contribution in [0.15, 0.2) is 17.4 Å². The summed E-state index contributed by atoms with van der Waals surface area (Å²) >= 11 is 0. The molecule has 1 aromatic heterocycles. The minimum atomic E-state index is -0.355. The van der Waals surface area contributed by atoms with Crippen LogP contribution in [-0.4, -0.2) is 97.5 Å². The van der Waals surface area contributed by atoms with Gasteiger partial charge in [-0.05, 0) is 26.2 Å². The Morgan fingerprint density at radius 2 is 2.19 bits per heavy atom. The molecular weight excluding hydrogens is 527 g/mol. The van der Waals surface area contributed by atoms with Crippen molar-refractivity contribution in [2.45, 2.75) is 32.2 Å². The van der Waals surface area contributed by atoms with Crippen molar-refractivity contribution in [3.63, 3.8) is 0 Å². The standard InChI is InChI=1S/C21H34N6O4.HI/c1-4-31-20(29)17-11-24-27(13-17)18-6-5-8-26(14-18)21(23-12-19(28)25(2)3)22-10-16-7-9-30-15-16;/h11,13,16,18H,4-10,12,14-15H2,1-3H3,(H,22,23);1H. The number of likely N-dealkylation sites (tertiary alicyclic amines) is 1. The lowest BCUT2D eigenvalue weighted by molar-refractivity contribution is -0.127. The fraction of sp³-hybridized carbons (Fsp3) is 0.714. The molecule has 10 nitrogen and oxygen atoms in total. The first-order valence-electron chi connectivity index (χ1n) is 11.0. The summed E-state index contributed by atoms with van der Waals surface area (Å²) < 4.78 is 12.4. The Kier molecular flexibility index (Phi) is 10.7. The maximum atomic E-state index is 12.1. The number of likely N-dealkylation sites (N-methyl/N-ethyl adjacent to an activating group) is 1. The summed E-state index contributed by atoms with van der Waals surface area (Å²) in [7, 11) is 3.47. The molecule has 3 rings (SSSR count). The molecule has 2 atom stereocenters. The Bertz CT molecular complexity index is 778. The molecule has 0 aliphatic carbocycles. The maximum absolute atomic E-state index is 12.1. The van der Waals surface area contributed by atoms with Gasteiger partial charge in [-0.1, -0.05) is 0 Å². The van der Waals surface area contributed by atoms with Gasteiger partial charge in [-0.15, -0.1) is 24.0 Å². The molecule has 0 radical (unpaired) electrons. The second kappa shape index (κ2) is 13.0. The highest BCUT2D eigenvalue weighted by Crippen LogP contribution is 2.22. The van der Waals surface area contributed by atoms with E-state index in [0.29, 0.717) is 24.6 Å². The summed E-state index contributed by atoms with van der Waals surface area (Å²) in [4.78, 5) is 32.4. The molecule has 0 saturated carbocycles. The van der Waals surface area contributed by atoms with E-state index >= 15 is 0 Å². The lowest BCUT2D eigenvalue weighted by atomic mass is 10.1. The summed E-state index contributed by atoms with van der Waals surface area (Å²) in [6.45, 7) is 6.10. The number of carbonyl (C=O) groups is 2. The molecule has 0 bridgehead atoms. The quantitative estimate of drug-likeness (QED) is 0.232. The van der Waals surface area contributed by atoms with Gasteiger partial charge in [-0.2, -0.15) is 5.10 Å². The van der Waals surface area contributed by atoms with Crippen LogP contribution >= 0.6 is 24.0 Å². The van der Waals surface area contributed by atoms with E-state index in [1.165, 1.54) is 0 Å². The van der Waals surface area contributed by atoms with Gasteiger partial charge in [0.1, 0.15) is 6.54 Å². The molecule has 32 heavy (non-hydrogen) atoms. The molecule has 0 aromatic carbocycles. The molecule has 2 aliphatic heterocycles. The number of ether oxygens (including phenoxy) is 2. The highest BCUT2D eigenvalue weighted by Gasteiger charge is 2.26. The number of rotatable bonds is 7. The molecule has 1 N–H and O–H groups in total. The van der Waals surface area contributed by atoms with Crippen LogP contribution in [0.2, 0.25) is 0 Å². The van der Waals surface area contributed by atoms with E-state index in [2.05, 4.69) is 20.3 Å². The second-order valence-electron chi connectivity index (χ2n) is 8.21. The number of halogens is 1. The van der Waals surface area contributed by atoms with Crippen molar-refractivity contribution in [3.8, 4) is 0 Å². The fourth-order valence-electron chi connectivity index (χ4n) is 3.75. The monoisotopic (exact) mass is 562 g/mol. The average molecular weight is 562 g/mol. The van der Waals surface area contributed by atoms with Crippen LogP contribution in [0.5, 0.6) is 0 Å². The van der Waals surface area contributed by atoms with E-state index in [-0.39, 0.29) is 48.4 Å². The fourth-order valence-corrected chi connectivity index (χ4v) is 3.75. The average Bonchev–Trinajstić information content (AvgIpc) is 3.46. The van der Waals surface area contributed by atoms with Crippen LogP contribution in [0.3, 0.4) is 0 Å². The Labute approximate surface area is 206 Å². The number of nitrogens with zero attached hydrogens (tertiary/aromatic N) is 5. The third kappa shape index (κ3) is 7.32. The summed E-state index contributed by atoms with van der Waals surface area (Å²) in [5, 5.41) is 7.85. The zero-order chi connectivity index (χ0) is 22.2. The van der Waals surface area contributed by atoms with Crippen LogP contribution < -0.4 is 5.32 Å². The van der Waals surface area contributed by atoms with Gasteiger partial charge in [0.25, 0.3) is 0 Å². The van der Waals surface area contributed by atoms with E-state index in [1.54, 1.807) is 38.3 Å². The van der Waals surface area contributed by atoms with Crippen LogP contribution in [0.25, 0.3) is 0 Å². The number of esters is 1. The Balaban J connectivity index is 0.00000363. The lowest BCUT2D eigenvalue weighted by Crippen LogP contribution is -2.48. The number of hydrogen-bond donors (Lipinski definition) is 1. The van der Waals surface area contributed by atoms with Gasteiger partial charge in [0, 0.05) is 52.5 Å². The van der Waals surface area contributed by atoms with Crippen molar-refractivity contribution in [1.29, 1.82) is 0 Å². The normalized spacial score (nSPS) is 21.1. The zero-order valence-corrected chi connectivity index (χ0v) is 21.5. The molecule has 2 aliphatic rings. The van der Waals surface area contributed by atoms with Crippen LogP contribution in [0.4, 0.5) is 0 Å². The number of carbonyl (C=O) groups excluding carboxylic acids is 2. The highest BCUT2D eigenvalue weighted by molar-refractivity contribution is 14.0. The van der Waals surface area contributed by atoms with Crippen LogP contribution in [-0.2, 0) is 14.3 Å². The van der Waals surface area contributed by atoms with Crippen molar-refractivity contribution >= 4 is 41.8 Å². The van der Waals surface area contributed by atoms with Crippen molar-refractivity contribution in [1.82, 2.24) is 24.9 Å². The number of aromatic nitrogens is 2. The minimum Gasteiger partial charge on any atom is -0.462 e. The Hall–Kier alpha value is -1.89. The molecule has 1 amide bonds. The van der Waals surface area contributed by atoms with Crippen LogP contribution in [0, 0.1) is 5.92 Å². The van der Waals surface area contributed by atoms with Crippen molar-refractivity contribution in [3.05, 3.63) is 18.0 Å². The number of aliphatic imine (C=N–C) groups is 1. The van der Waals surface area contributed by atoms with Crippen LogP contribution in [0.1, 0.15) is 42.6 Å². The second-order valence-corrected chi connectivity index (χ2v) is 8.21. The molecule has 1 aromatic rings. The maximum Gasteiger partial charge on any atom is 0.341 e. The number of hydrogen-bond acceptors (Lipinski definition) is 6. The number of guanidine groups is 1. The van der Waals surface area contributed by atoms with Gasteiger partial charge in [0.05, 0.1) is 31.0 Å². The zero-order valence-electron chi connectivity index (χ0n) is 19.2. The van der Waals surface area contributed by atoms with Gasteiger partial charge >= 0.3 is 5.97 Å². The molecule has 0 spiro atoms. The van der Waals surface area contributed by atoms with E-state index in [1.807, 2.05) is 4.68 Å². The Morgan fingerprint density at radius 3 is 2.88 bits per heavy atom. The molecule has 3 heterocycles. The van der Waals surface area contributed by atoms with Gasteiger partial charge in [0.15, 0.2) is 5.96 Å². The highest BCUT2D eigenvalue weighted by atomic mass is 127. The number of nitrogens with one attached hydrogen (secondary N) is 1. The molecular formula is C21H35IN6O4. The van der Waals surface area contributed by atoms with Gasteiger partial charge < -0.3 is 24.6 Å². The summed E-state index contributed by atoms with van der Waals surface area (Å²) in [6, 6.07) is 0.114. The number of amides is 1. The molecule has 2 saturated heterocycles. The lowest BCUT2D eigenvalue weighted by Gasteiger charge is -2.35. The first kappa shape index (κ1) is 26.4. The van der Waals surface area contributed by atoms with Gasteiger partial charge in [-0.25, -0.2) is 9.79 Å². The van der Waals surface area contributed by atoms with Crippen molar-refractivity contribution in [2.24, 2.45) is 10.9 Å². The summed E-state index contributed by atoms with van der Waals surface area (Å²) in [6.07, 6.45) is 6.26. The largest absolute Gasteiger partial charge is 0.462 e. The molecule has 2 unspecified atom stereocenters. The third-order valence-corrected chi connectivity index (χ3v) is 5.62. The predicted molar refractivity (Wildman–Crippen MR) is 131 cm³/mol. The predicted octanol–water partition coefficient (Wildman–Crippen LogP) is 1.39. The van der Waals surface area contributed by atoms with E-state index in [0.717, 1.165) is 51.5 Å². The summed E-state index contributed by atoms with van der Waals surface area (Å²) in [5.41, 5.74) is 0.462. The minimum absolute atomic E-state index is 0. The van der Waals surface area contributed by atoms with E-state index in [4.69, 9.17) is 9.47 Å². The first-order chi connectivity index (χ1) is 15.0. The molecule has 11 heteroatoms. The molecule has 2 fully saturated rings. The Morgan fingerprint density at radius 1 is 1.38 bits per heavy atom. The van der Waals surface area contributed by atoms with E-state index in [9.17, 15) is 9.59 Å². The SMILES string of the molecule is CCOC(=O)c1cnn(C2CCCN(C(=NCC(=O)N(C)C)NCC3CCOC3)C2)c1.I. The van der Waals surface area contributed by atoms with Crippen molar-refractivity contribution < 1.29 is 19.1 Å². The number of piperidine rings is 1. The van der Waals surface area contributed by atoms with Gasteiger partial charge in [0.2, 0.25) is 5.91 Å². The summed E-state index contributed by atoms with van der Waals surface area (Å²) in [5.74, 6) is 0.799. The third-order valence-electron chi connectivity index (χ3n) is 5.62.